The van der Waals surface area contributed by atoms with Crippen LogP contribution in [0, 0.1) is 23.0 Å². The molecule has 0 radical (unpaired) electrons. The molecule has 4 aliphatic rings. The van der Waals surface area contributed by atoms with Crippen LogP contribution in [0.4, 0.5) is 23.4 Å². The molecule has 2 aromatic carbocycles. The van der Waals surface area contributed by atoms with Crippen molar-refractivity contribution in [1.82, 2.24) is 29.7 Å². The van der Waals surface area contributed by atoms with Gasteiger partial charge in [0.05, 0.1) is 23.6 Å². The summed E-state index contributed by atoms with van der Waals surface area (Å²) in [7, 11) is 3.27. The molecule has 0 aliphatic carbocycles. The number of ether oxygens (including phenoxy) is 1. The minimum Gasteiger partial charge on any atom is -0.467 e. The third-order valence-corrected chi connectivity index (χ3v) is 10.6. The molecule has 0 N–H and O–H groups in total. The molecule has 0 bridgehead atoms. The van der Waals surface area contributed by atoms with E-state index in [1.165, 1.54) is 50.1 Å². The number of hydrogen-bond donors (Lipinski definition) is 0. The van der Waals surface area contributed by atoms with Crippen molar-refractivity contribution in [1.29, 1.82) is 5.26 Å². The summed E-state index contributed by atoms with van der Waals surface area (Å²) < 4.78 is 63.0. The SMILES string of the molecule is CC#N.COc1nc(N2CCN(C(=O)/C(F)=C/C3CCN3C)CC2)c2cnc(-c3cccc4ccc(F)c(Cl)c34)c(F)c2n1.FC1CC2CCCN2C1. The molecule has 0 spiro atoms. The molecule has 3 atom stereocenters. The van der Waals surface area contributed by atoms with Crippen molar-refractivity contribution < 1.29 is 27.1 Å². The van der Waals surface area contributed by atoms with Crippen LogP contribution in [0.2, 0.25) is 5.02 Å². The predicted octanol–water partition coefficient (Wildman–Crippen LogP) is 6.71. The lowest BCUT2D eigenvalue weighted by Gasteiger charge is -2.37. The second-order valence-corrected chi connectivity index (χ2v) is 13.8. The molecular weight excluding hydrogens is 712 g/mol. The van der Waals surface area contributed by atoms with Gasteiger partial charge < -0.3 is 14.5 Å². The van der Waals surface area contributed by atoms with Gasteiger partial charge in [0.25, 0.3) is 5.91 Å². The number of benzene rings is 2. The summed E-state index contributed by atoms with van der Waals surface area (Å²) in [5, 5.41) is 8.50. The highest BCUT2D eigenvalue weighted by molar-refractivity contribution is 6.36. The van der Waals surface area contributed by atoms with Gasteiger partial charge in [-0.1, -0.05) is 35.9 Å². The van der Waals surface area contributed by atoms with Gasteiger partial charge in [-0.25, -0.2) is 17.6 Å². The van der Waals surface area contributed by atoms with Crippen molar-refractivity contribution >= 4 is 45.0 Å². The number of anilines is 1. The fourth-order valence-electron chi connectivity index (χ4n) is 7.33. The zero-order chi connectivity index (χ0) is 37.8. The zero-order valence-corrected chi connectivity index (χ0v) is 30.6. The second-order valence-electron chi connectivity index (χ2n) is 13.5. The topological polar surface area (TPSA) is 102 Å². The number of fused-ring (bicyclic) bond motifs is 3. The van der Waals surface area contributed by atoms with E-state index < -0.39 is 29.5 Å². The predicted molar refractivity (Wildman–Crippen MR) is 196 cm³/mol. The fourth-order valence-corrected chi connectivity index (χ4v) is 7.61. The Morgan fingerprint density at radius 2 is 1.83 bits per heavy atom. The average Bonchev–Trinajstić information content (AvgIpc) is 3.75. The molecule has 2 aromatic heterocycles. The highest BCUT2D eigenvalue weighted by Gasteiger charge is 2.35. The Labute approximate surface area is 310 Å². The Bertz CT molecular complexity index is 2040. The van der Waals surface area contributed by atoms with Crippen molar-refractivity contribution in [3.63, 3.8) is 0 Å². The summed E-state index contributed by atoms with van der Waals surface area (Å²) in [5.74, 6) is -2.37. The maximum absolute atomic E-state index is 16.1. The van der Waals surface area contributed by atoms with E-state index in [1.54, 1.807) is 30.3 Å². The van der Waals surface area contributed by atoms with Gasteiger partial charge in [-0.05, 0) is 56.8 Å². The van der Waals surface area contributed by atoms with E-state index in [9.17, 15) is 18.0 Å². The molecule has 8 rings (SSSR count). The normalized spacial score (nSPS) is 21.6. The van der Waals surface area contributed by atoms with Crippen LogP contribution >= 0.6 is 11.6 Å². The van der Waals surface area contributed by atoms with Crippen LogP contribution in [-0.4, -0.2) is 114 Å². The number of rotatable bonds is 5. The molecule has 4 aliphatic heterocycles. The number of carbonyl (C=O) groups excluding carboxylic acids is 1. The Hall–Kier alpha value is -4.58. The Morgan fingerprint density at radius 3 is 2.49 bits per heavy atom. The first kappa shape index (κ1) is 38.2. The first-order chi connectivity index (χ1) is 25.5. The minimum atomic E-state index is -0.753. The van der Waals surface area contributed by atoms with Gasteiger partial charge in [0.15, 0.2) is 11.6 Å². The van der Waals surface area contributed by atoms with Crippen molar-refractivity contribution in [2.24, 2.45) is 0 Å². The first-order valence-electron chi connectivity index (χ1n) is 17.6. The highest BCUT2D eigenvalue weighted by atomic mass is 35.5. The molecule has 3 unspecified atom stereocenters. The number of piperazine rings is 1. The van der Waals surface area contributed by atoms with Crippen LogP contribution in [0.3, 0.4) is 0 Å². The van der Waals surface area contributed by atoms with Crippen molar-refractivity contribution in [2.45, 2.75) is 50.9 Å². The van der Waals surface area contributed by atoms with E-state index in [0.29, 0.717) is 53.2 Å². The third kappa shape index (κ3) is 8.02. The number of halogens is 5. The summed E-state index contributed by atoms with van der Waals surface area (Å²) >= 11 is 6.29. The number of likely N-dealkylation sites (tertiary alicyclic amines) is 1. The Kier molecular flexibility index (Phi) is 12.0. The van der Waals surface area contributed by atoms with Crippen LogP contribution in [0.25, 0.3) is 32.9 Å². The number of pyridine rings is 1. The van der Waals surface area contributed by atoms with Gasteiger partial charge >= 0.3 is 6.01 Å². The Balaban J connectivity index is 0.000000340. The number of hydrogen-bond acceptors (Lipinski definition) is 9. The van der Waals surface area contributed by atoms with E-state index >= 15 is 4.39 Å². The number of nitriles is 1. The largest absolute Gasteiger partial charge is 0.467 e. The van der Waals surface area contributed by atoms with Crippen molar-refractivity contribution in [2.75, 3.05) is 64.9 Å². The molecular formula is C38H41ClF4N8O2. The van der Waals surface area contributed by atoms with E-state index in [2.05, 4.69) is 19.9 Å². The van der Waals surface area contributed by atoms with Crippen LogP contribution in [-0.2, 0) is 4.79 Å². The lowest BCUT2D eigenvalue weighted by molar-refractivity contribution is -0.129. The molecule has 53 heavy (non-hydrogen) atoms. The van der Waals surface area contributed by atoms with Crippen LogP contribution in [0.5, 0.6) is 6.01 Å². The highest BCUT2D eigenvalue weighted by Crippen LogP contribution is 2.38. The van der Waals surface area contributed by atoms with Crippen LogP contribution in [0.15, 0.2) is 48.4 Å². The number of carbonyl (C=O) groups is 1. The maximum atomic E-state index is 16.1. The van der Waals surface area contributed by atoms with Crippen LogP contribution < -0.4 is 9.64 Å². The molecule has 4 fully saturated rings. The molecule has 6 heterocycles. The number of alkyl halides is 1. The van der Waals surface area contributed by atoms with Gasteiger partial charge in [0.1, 0.15) is 29.0 Å². The van der Waals surface area contributed by atoms with Gasteiger partial charge in [-0.3, -0.25) is 19.6 Å². The standard InChI is InChI=1S/C29H26ClF3N6O2.C7H12FN.C2H3N/c1-37-9-8-17(37)14-21(32)28(40)39-12-10-38(11-13-39)27-19-15-34-25(24(33)26(19)35-29(36-27)41-2)18-5-3-4-16-6-7-20(31)23(30)22(16)18;8-6-4-7-2-1-3-9(7)5-6;1-2-3/h3-7,14-15,17H,8-13H2,1-2H3;6-7H,1-5H2;1H3/b21-14-;;. The Morgan fingerprint density at radius 1 is 1.08 bits per heavy atom. The summed E-state index contributed by atoms with van der Waals surface area (Å²) in [4.78, 5) is 33.4. The molecule has 4 aromatic rings. The molecule has 4 saturated heterocycles. The van der Waals surface area contributed by atoms with Crippen molar-refractivity contribution in [3.05, 3.63) is 65.1 Å². The molecule has 280 valence electrons. The van der Waals surface area contributed by atoms with Gasteiger partial charge in [-0.15, -0.1) is 0 Å². The molecule has 1 amide bonds. The number of aromatic nitrogens is 3. The minimum absolute atomic E-state index is 0.0292. The number of likely N-dealkylation sites (N-methyl/N-ethyl adjacent to an activating group) is 1. The monoisotopic (exact) mass is 752 g/mol. The van der Waals surface area contributed by atoms with E-state index in [-0.39, 0.29) is 41.4 Å². The maximum Gasteiger partial charge on any atom is 0.318 e. The van der Waals surface area contributed by atoms with Crippen LogP contribution in [0.1, 0.15) is 32.6 Å². The number of nitrogens with zero attached hydrogens (tertiary/aromatic N) is 8. The summed E-state index contributed by atoms with van der Waals surface area (Å²) in [5.41, 5.74) is 0.247. The summed E-state index contributed by atoms with van der Waals surface area (Å²) in [6.45, 7) is 5.34. The molecule has 15 heteroatoms. The third-order valence-electron chi connectivity index (χ3n) is 10.2. The summed E-state index contributed by atoms with van der Waals surface area (Å²) in [6.07, 6.45) is 6.48. The smallest absolute Gasteiger partial charge is 0.318 e. The zero-order valence-electron chi connectivity index (χ0n) is 29.8. The number of methoxy groups -OCH3 is 1. The first-order valence-corrected chi connectivity index (χ1v) is 18.0. The van der Waals surface area contributed by atoms with E-state index in [1.807, 2.05) is 16.8 Å². The lowest BCUT2D eigenvalue weighted by atomic mass is 10.0. The molecule has 0 saturated carbocycles. The van der Waals surface area contributed by atoms with Gasteiger partial charge in [0, 0.05) is 75.4 Å². The van der Waals surface area contributed by atoms with Gasteiger partial charge in [0.2, 0.25) is 0 Å². The van der Waals surface area contributed by atoms with E-state index in [4.69, 9.17) is 21.6 Å². The lowest BCUT2D eigenvalue weighted by Crippen LogP contribution is -2.49. The second kappa shape index (κ2) is 16.6. The quantitative estimate of drug-likeness (QED) is 0.163. The van der Waals surface area contributed by atoms with Crippen molar-refractivity contribution in [3.8, 4) is 23.3 Å². The van der Waals surface area contributed by atoms with Gasteiger partial charge in [-0.2, -0.15) is 15.2 Å². The summed E-state index contributed by atoms with van der Waals surface area (Å²) in [6, 6.07) is 10.2. The van der Waals surface area contributed by atoms with E-state index in [0.717, 1.165) is 25.9 Å². The number of amides is 1. The fraction of sp³-hybridized carbons (Fsp3) is 0.447. The average molecular weight is 753 g/mol. The molecule has 10 nitrogen and oxygen atoms in total.